The van der Waals surface area contributed by atoms with Crippen molar-refractivity contribution >= 4 is 6.09 Å². The van der Waals surface area contributed by atoms with Crippen LogP contribution in [0.5, 0.6) is 0 Å². The molecule has 5 heteroatoms. The first-order valence-corrected chi connectivity index (χ1v) is 4.33. The highest BCUT2D eigenvalue weighted by atomic mass is 16.6. The van der Waals surface area contributed by atoms with Crippen LogP contribution in [0.3, 0.4) is 0 Å². The molecule has 0 aliphatic carbocycles. The topological polar surface area (TPSA) is 59.0 Å². The van der Waals surface area contributed by atoms with Crippen LogP contribution in [-0.2, 0) is 9.47 Å². The van der Waals surface area contributed by atoms with E-state index in [9.17, 15) is 4.79 Å². The number of ether oxygens (including phenoxy) is 2. The maximum atomic E-state index is 10.8. The van der Waals surface area contributed by atoms with E-state index in [0.717, 1.165) is 0 Å². The van der Waals surface area contributed by atoms with E-state index in [-0.39, 0.29) is 6.04 Å². The molecule has 13 heavy (non-hydrogen) atoms. The van der Waals surface area contributed by atoms with Crippen LogP contribution in [0.4, 0.5) is 4.79 Å². The molecular formula is C8H15NO4. The van der Waals surface area contributed by atoms with Crippen molar-refractivity contribution in [1.29, 1.82) is 0 Å². The van der Waals surface area contributed by atoms with E-state index in [1.807, 2.05) is 13.8 Å². The fourth-order valence-electron chi connectivity index (χ4n) is 1.31. The Balaban J connectivity index is 2.57. The fourth-order valence-corrected chi connectivity index (χ4v) is 1.31. The molecule has 1 atom stereocenters. The van der Waals surface area contributed by atoms with Crippen molar-refractivity contribution in [1.82, 2.24) is 4.90 Å². The lowest BCUT2D eigenvalue weighted by Crippen LogP contribution is -2.50. The lowest BCUT2D eigenvalue weighted by atomic mass is 10.3. The minimum atomic E-state index is -0.967. The van der Waals surface area contributed by atoms with Crippen LogP contribution >= 0.6 is 0 Å². The average Bonchev–Trinajstić information content (AvgIpc) is 2.04. The number of carboxylic acid groups (broad SMARTS) is 1. The zero-order valence-electron chi connectivity index (χ0n) is 7.90. The van der Waals surface area contributed by atoms with Gasteiger partial charge in [0, 0.05) is 6.04 Å². The van der Waals surface area contributed by atoms with Gasteiger partial charge < -0.3 is 14.6 Å². The minimum Gasteiger partial charge on any atom is -0.465 e. The normalized spacial score (nSPS) is 23.2. The molecule has 1 rings (SSSR count). The molecular weight excluding hydrogens is 174 g/mol. The van der Waals surface area contributed by atoms with Crippen LogP contribution in [0.2, 0.25) is 0 Å². The molecule has 0 aromatic carbocycles. The van der Waals surface area contributed by atoms with Crippen molar-refractivity contribution in [3.05, 3.63) is 0 Å². The lowest BCUT2D eigenvalue weighted by Gasteiger charge is -2.34. The van der Waals surface area contributed by atoms with Crippen molar-refractivity contribution in [3.63, 3.8) is 0 Å². The van der Waals surface area contributed by atoms with Gasteiger partial charge in [-0.2, -0.15) is 0 Å². The van der Waals surface area contributed by atoms with Crippen LogP contribution in [0, 0.1) is 0 Å². The maximum absolute atomic E-state index is 10.8. The zero-order chi connectivity index (χ0) is 9.84. The average molecular weight is 189 g/mol. The van der Waals surface area contributed by atoms with Crippen LogP contribution in [0.25, 0.3) is 0 Å². The third-order valence-corrected chi connectivity index (χ3v) is 1.89. The molecule has 1 aliphatic rings. The standard InChI is InChI=1S/C8H15NO4/c1-6(2)9(8(10)11)7-5-12-3-4-13-7/h6-7H,3-5H2,1-2H3,(H,10,11). The van der Waals surface area contributed by atoms with Gasteiger partial charge in [-0.05, 0) is 13.8 Å². The number of hydrogen-bond donors (Lipinski definition) is 1. The second-order valence-corrected chi connectivity index (χ2v) is 3.18. The molecule has 1 heterocycles. The van der Waals surface area contributed by atoms with Crippen LogP contribution in [-0.4, -0.2) is 48.2 Å². The first-order valence-electron chi connectivity index (χ1n) is 4.33. The van der Waals surface area contributed by atoms with E-state index < -0.39 is 12.3 Å². The largest absolute Gasteiger partial charge is 0.465 e. The van der Waals surface area contributed by atoms with Crippen LogP contribution < -0.4 is 0 Å². The molecule has 0 radical (unpaired) electrons. The summed E-state index contributed by atoms with van der Waals surface area (Å²) in [4.78, 5) is 12.1. The Hall–Kier alpha value is -0.810. The predicted octanol–water partition coefficient (Wildman–Crippen LogP) is 0.748. The molecule has 1 saturated heterocycles. The van der Waals surface area contributed by atoms with E-state index in [2.05, 4.69) is 0 Å². The van der Waals surface area contributed by atoms with E-state index in [0.29, 0.717) is 19.8 Å². The minimum absolute atomic E-state index is 0.0933. The smallest absolute Gasteiger partial charge is 0.409 e. The Kier molecular flexibility index (Phi) is 3.50. The molecule has 5 nitrogen and oxygen atoms in total. The summed E-state index contributed by atoms with van der Waals surface area (Å²) in [7, 11) is 0. The Labute approximate surface area is 77.2 Å². The van der Waals surface area contributed by atoms with Crippen molar-refractivity contribution in [2.24, 2.45) is 0 Å². The molecule has 1 unspecified atom stereocenters. The summed E-state index contributed by atoms with van der Waals surface area (Å²) >= 11 is 0. The molecule has 1 aliphatic heterocycles. The van der Waals surface area contributed by atoms with Gasteiger partial charge in [0.05, 0.1) is 19.8 Å². The van der Waals surface area contributed by atoms with Gasteiger partial charge in [0.25, 0.3) is 0 Å². The van der Waals surface area contributed by atoms with Crippen molar-refractivity contribution in [2.45, 2.75) is 26.1 Å². The second-order valence-electron chi connectivity index (χ2n) is 3.18. The molecule has 1 N–H and O–H groups in total. The monoisotopic (exact) mass is 189 g/mol. The Morgan fingerprint density at radius 1 is 1.54 bits per heavy atom. The summed E-state index contributed by atoms with van der Waals surface area (Å²) in [5.74, 6) is 0. The molecule has 0 aromatic heterocycles. The highest BCUT2D eigenvalue weighted by Crippen LogP contribution is 2.11. The third-order valence-electron chi connectivity index (χ3n) is 1.89. The number of nitrogens with zero attached hydrogens (tertiary/aromatic N) is 1. The van der Waals surface area contributed by atoms with Crippen LogP contribution in [0.15, 0.2) is 0 Å². The molecule has 0 bridgehead atoms. The Morgan fingerprint density at radius 3 is 2.62 bits per heavy atom. The van der Waals surface area contributed by atoms with Gasteiger partial charge in [0.2, 0.25) is 0 Å². The van der Waals surface area contributed by atoms with Gasteiger partial charge in [0.1, 0.15) is 0 Å². The first kappa shape index (κ1) is 10.3. The number of carbonyl (C=O) groups is 1. The Bertz CT molecular complexity index is 177. The van der Waals surface area contributed by atoms with E-state index in [1.54, 1.807) is 0 Å². The van der Waals surface area contributed by atoms with Gasteiger partial charge in [-0.1, -0.05) is 0 Å². The fraction of sp³-hybridized carbons (Fsp3) is 0.875. The first-order chi connectivity index (χ1) is 6.13. The van der Waals surface area contributed by atoms with Crippen molar-refractivity contribution in [2.75, 3.05) is 19.8 Å². The van der Waals surface area contributed by atoms with Gasteiger partial charge in [-0.15, -0.1) is 0 Å². The quantitative estimate of drug-likeness (QED) is 0.696. The van der Waals surface area contributed by atoms with E-state index in [1.165, 1.54) is 4.90 Å². The zero-order valence-corrected chi connectivity index (χ0v) is 7.90. The Morgan fingerprint density at radius 2 is 2.23 bits per heavy atom. The van der Waals surface area contributed by atoms with Gasteiger partial charge in [-0.3, -0.25) is 4.90 Å². The summed E-state index contributed by atoms with van der Waals surface area (Å²) in [6.07, 6.45) is -1.42. The summed E-state index contributed by atoms with van der Waals surface area (Å²) in [5, 5.41) is 8.89. The highest BCUT2D eigenvalue weighted by Gasteiger charge is 2.28. The molecule has 0 spiro atoms. The van der Waals surface area contributed by atoms with Gasteiger partial charge >= 0.3 is 6.09 Å². The molecule has 0 saturated carbocycles. The van der Waals surface area contributed by atoms with Crippen molar-refractivity contribution in [3.8, 4) is 0 Å². The molecule has 76 valence electrons. The SMILES string of the molecule is CC(C)N(C(=O)O)C1COCCO1. The summed E-state index contributed by atoms with van der Waals surface area (Å²) in [6, 6.07) is -0.0933. The summed E-state index contributed by atoms with van der Waals surface area (Å²) < 4.78 is 10.4. The van der Waals surface area contributed by atoms with E-state index >= 15 is 0 Å². The maximum Gasteiger partial charge on any atom is 0.409 e. The van der Waals surface area contributed by atoms with Crippen LogP contribution in [0.1, 0.15) is 13.8 Å². The summed E-state index contributed by atoms with van der Waals surface area (Å²) in [6.45, 7) is 4.95. The van der Waals surface area contributed by atoms with Gasteiger partial charge in [-0.25, -0.2) is 4.79 Å². The predicted molar refractivity (Wildman–Crippen MR) is 45.6 cm³/mol. The lowest BCUT2D eigenvalue weighted by molar-refractivity contribution is -0.150. The summed E-state index contributed by atoms with van der Waals surface area (Å²) in [5.41, 5.74) is 0. The van der Waals surface area contributed by atoms with Gasteiger partial charge in [0.15, 0.2) is 6.23 Å². The highest BCUT2D eigenvalue weighted by molar-refractivity contribution is 5.65. The van der Waals surface area contributed by atoms with Crippen molar-refractivity contribution < 1.29 is 19.4 Å². The number of hydrogen-bond acceptors (Lipinski definition) is 3. The third kappa shape index (κ3) is 2.57. The molecule has 1 amide bonds. The van der Waals surface area contributed by atoms with E-state index in [4.69, 9.17) is 14.6 Å². The second kappa shape index (κ2) is 4.43. The molecule has 1 fully saturated rings. The number of amides is 1. The molecule has 0 aromatic rings. The number of rotatable bonds is 2.